The van der Waals surface area contributed by atoms with Crippen molar-refractivity contribution in [3.63, 3.8) is 0 Å². The van der Waals surface area contributed by atoms with Crippen LogP contribution in [0.5, 0.6) is 0 Å². The summed E-state index contributed by atoms with van der Waals surface area (Å²) in [5.74, 6) is 1.97. The Kier molecular flexibility index (Phi) is 11.3. The van der Waals surface area contributed by atoms with Gasteiger partial charge in [0.1, 0.15) is 5.76 Å². The molecule has 3 N–H and O–H groups in total. The molecule has 0 unspecified atom stereocenters. The molecule has 0 saturated carbocycles. The minimum atomic E-state index is -3.58. The second-order valence-electron chi connectivity index (χ2n) is 6.34. The topological polar surface area (TPSA) is 118 Å². The fraction of sp³-hybridized carbons (Fsp3) is 0.474. The Morgan fingerprint density at radius 1 is 1.27 bits per heavy atom. The summed E-state index contributed by atoms with van der Waals surface area (Å²) in [7, 11) is -2.06. The molecule has 0 radical (unpaired) electrons. The number of nitrogens with zero attached hydrogens (tertiary/aromatic N) is 2. The minimum absolute atomic E-state index is 0. The van der Waals surface area contributed by atoms with E-state index in [0.717, 1.165) is 17.0 Å². The molecule has 2 rings (SSSR count). The quantitative estimate of drug-likeness (QED) is 0.179. The Morgan fingerprint density at radius 2 is 2.03 bits per heavy atom. The molecule has 0 amide bonds. The van der Waals surface area contributed by atoms with E-state index in [1.807, 2.05) is 26.8 Å². The summed E-state index contributed by atoms with van der Waals surface area (Å²) >= 11 is 0. The zero-order valence-corrected chi connectivity index (χ0v) is 20.8. The largest absolute Gasteiger partial charge is 0.444 e. The number of aliphatic imine (C=N–C) groups is 1. The highest BCUT2D eigenvalue weighted by atomic mass is 127. The number of rotatable bonds is 10. The molecule has 30 heavy (non-hydrogen) atoms. The Hall–Kier alpha value is -1.70. The number of hydrogen-bond donors (Lipinski definition) is 3. The van der Waals surface area contributed by atoms with Crippen LogP contribution < -0.4 is 15.4 Å². The van der Waals surface area contributed by atoms with E-state index in [1.165, 1.54) is 7.11 Å². The van der Waals surface area contributed by atoms with Gasteiger partial charge in [0.05, 0.1) is 30.3 Å². The summed E-state index contributed by atoms with van der Waals surface area (Å²) < 4.78 is 37.6. The third kappa shape index (κ3) is 8.20. The number of guanidine groups is 1. The summed E-state index contributed by atoms with van der Waals surface area (Å²) in [6.07, 6.45) is 0. The maximum Gasteiger partial charge on any atom is 0.240 e. The maximum absolute atomic E-state index is 12.3. The van der Waals surface area contributed by atoms with Crippen LogP contribution in [0.2, 0.25) is 0 Å². The third-order valence-electron chi connectivity index (χ3n) is 4.05. The van der Waals surface area contributed by atoms with Crippen LogP contribution in [0.15, 0.2) is 38.6 Å². The average Bonchev–Trinajstić information content (AvgIpc) is 3.02. The van der Waals surface area contributed by atoms with E-state index in [2.05, 4.69) is 25.3 Å². The molecule has 1 aromatic heterocycles. The Morgan fingerprint density at radius 3 is 2.67 bits per heavy atom. The van der Waals surface area contributed by atoms with Gasteiger partial charge in [-0.2, -0.15) is 0 Å². The van der Waals surface area contributed by atoms with Gasteiger partial charge in [0.15, 0.2) is 5.96 Å². The van der Waals surface area contributed by atoms with Gasteiger partial charge in [0, 0.05) is 20.2 Å². The Balaban J connectivity index is 0.00000450. The van der Waals surface area contributed by atoms with Crippen LogP contribution in [0, 0.1) is 13.8 Å². The van der Waals surface area contributed by atoms with Crippen LogP contribution >= 0.6 is 24.0 Å². The van der Waals surface area contributed by atoms with E-state index in [4.69, 9.17) is 9.15 Å². The summed E-state index contributed by atoms with van der Waals surface area (Å²) in [5, 5.41) is 6.31. The number of aryl methyl sites for hydroxylation is 2. The van der Waals surface area contributed by atoms with E-state index in [1.54, 1.807) is 18.2 Å². The Bertz CT molecular complexity index is 911. The van der Waals surface area contributed by atoms with Crippen molar-refractivity contribution in [3.8, 4) is 0 Å². The van der Waals surface area contributed by atoms with Crippen LogP contribution in [-0.2, 0) is 27.8 Å². The van der Waals surface area contributed by atoms with E-state index >= 15 is 0 Å². The van der Waals surface area contributed by atoms with Crippen LogP contribution in [0.25, 0.3) is 0 Å². The first kappa shape index (κ1) is 26.3. The number of aromatic nitrogens is 1. The van der Waals surface area contributed by atoms with Crippen LogP contribution in [0.4, 0.5) is 0 Å². The first-order chi connectivity index (χ1) is 13.9. The van der Waals surface area contributed by atoms with Gasteiger partial charge in [0.2, 0.25) is 15.9 Å². The molecule has 0 atom stereocenters. The predicted octanol–water partition coefficient (Wildman–Crippen LogP) is 2.09. The van der Waals surface area contributed by atoms with Gasteiger partial charge in [-0.1, -0.05) is 12.1 Å². The van der Waals surface area contributed by atoms with Gasteiger partial charge in [-0.25, -0.2) is 23.1 Å². The lowest BCUT2D eigenvalue weighted by molar-refractivity contribution is 0.204. The molecular weight excluding hydrogens is 521 g/mol. The average molecular weight is 551 g/mol. The number of hydrogen-bond acceptors (Lipinski definition) is 6. The van der Waals surface area contributed by atoms with E-state index in [-0.39, 0.29) is 35.4 Å². The van der Waals surface area contributed by atoms with Crippen molar-refractivity contribution < 1.29 is 17.6 Å². The molecular formula is C19H30IN5O4S. The summed E-state index contributed by atoms with van der Waals surface area (Å²) in [6, 6.07) is 6.71. The lowest BCUT2D eigenvalue weighted by Gasteiger charge is -2.10. The van der Waals surface area contributed by atoms with Crippen molar-refractivity contribution in [1.82, 2.24) is 20.3 Å². The maximum atomic E-state index is 12.3. The first-order valence-corrected chi connectivity index (χ1v) is 10.9. The van der Waals surface area contributed by atoms with Crippen molar-refractivity contribution in [1.29, 1.82) is 0 Å². The number of ether oxygens (including phenoxy) is 1. The van der Waals surface area contributed by atoms with Gasteiger partial charge < -0.3 is 19.8 Å². The monoisotopic (exact) mass is 551 g/mol. The van der Waals surface area contributed by atoms with Crippen molar-refractivity contribution >= 4 is 40.0 Å². The van der Waals surface area contributed by atoms with Crippen molar-refractivity contribution in [2.24, 2.45) is 4.99 Å². The molecule has 0 spiro atoms. The molecule has 0 bridgehead atoms. The van der Waals surface area contributed by atoms with Gasteiger partial charge in [-0.15, -0.1) is 24.0 Å². The number of sulfonamides is 1. The first-order valence-electron chi connectivity index (χ1n) is 9.38. The van der Waals surface area contributed by atoms with Gasteiger partial charge in [-0.3, -0.25) is 0 Å². The van der Waals surface area contributed by atoms with Gasteiger partial charge in [0.25, 0.3) is 0 Å². The van der Waals surface area contributed by atoms with Crippen LogP contribution in [-0.4, -0.2) is 46.2 Å². The molecule has 1 heterocycles. The lowest BCUT2D eigenvalue weighted by Crippen LogP contribution is -2.36. The second kappa shape index (κ2) is 12.9. The molecule has 0 aliphatic heterocycles. The van der Waals surface area contributed by atoms with Crippen LogP contribution in [0.3, 0.4) is 0 Å². The summed E-state index contributed by atoms with van der Waals surface area (Å²) in [6.45, 7) is 7.67. The third-order valence-corrected chi connectivity index (χ3v) is 5.51. The number of halogens is 1. The summed E-state index contributed by atoms with van der Waals surface area (Å²) in [5.41, 5.74) is 1.64. The highest BCUT2D eigenvalue weighted by molar-refractivity contribution is 14.0. The normalized spacial score (nSPS) is 11.8. The van der Waals surface area contributed by atoms with E-state index in [0.29, 0.717) is 38.1 Å². The molecule has 168 valence electrons. The molecule has 1 aromatic carbocycles. The van der Waals surface area contributed by atoms with Gasteiger partial charge in [-0.05, 0) is 38.5 Å². The van der Waals surface area contributed by atoms with E-state index in [9.17, 15) is 8.42 Å². The zero-order chi connectivity index (χ0) is 21.3. The zero-order valence-electron chi connectivity index (χ0n) is 17.7. The molecule has 11 heteroatoms. The van der Waals surface area contributed by atoms with Crippen molar-refractivity contribution in [2.45, 2.75) is 38.8 Å². The number of nitrogens with one attached hydrogen (secondary N) is 3. The Labute approximate surface area is 195 Å². The molecule has 9 nitrogen and oxygen atoms in total. The molecule has 2 aromatic rings. The molecule has 0 fully saturated rings. The second-order valence-corrected chi connectivity index (χ2v) is 8.10. The SMILES string of the molecule is CCNC(=NCc1cccc(S(=O)(=O)NCCOC)c1)NCc1nc(C)c(C)o1.I. The standard InChI is InChI=1S/C19H29N5O4S.HI/c1-5-20-19(22-13-18-24-14(2)15(3)28-18)21-12-16-7-6-8-17(11-16)29(25,26)23-9-10-27-4;/h6-8,11,23H,5,9-10,12-13H2,1-4H3,(H2,20,21,22);1H. The predicted molar refractivity (Wildman–Crippen MR) is 127 cm³/mol. The molecule has 0 aliphatic rings. The molecule has 0 saturated heterocycles. The lowest BCUT2D eigenvalue weighted by atomic mass is 10.2. The minimum Gasteiger partial charge on any atom is -0.444 e. The highest BCUT2D eigenvalue weighted by Gasteiger charge is 2.13. The van der Waals surface area contributed by atoms with Crippen molar-refractivity contribution in [3.05, 3.63) is 47.2 Å². The highest BCUT2D eigenvalue weighted by Crippen LogP contribution is 2.12. The fourth-order valence-electron chi connectivity index (χ4n) is 2.46. The number of oxazole rings is 1. The smallest absolute Gasteiger partial charge is 0.240 e. The van der Waals surface area contributed by atoms with E-state index < -0.39 is 10.0 Å². The van der Waals surface area contributed by atoms with Gasteiger partial charge >= 0.3 is 0 Å². The number of methoxy groups -OCH3 is 1. The fourth-order valence-corrected chi connectivity index (χ4v) is 3.54. The molecule has 0 aliphatic carbocycles. The van der Waals surface area contributed by atoms with Crippen molar-refractivity contribution in [2.75, 3.05) is 26.8 Å². The summed E-state index contributed by atoms with van der Waals surface area (Å²) in [4.78, 5) is 9.05. The number of benzene rings is 1. The van der Waals surface area contributed by atoms with Crippen LogP contribution in [0.1, 0.15) is 29.8 Å².